The Kier molecular flexibility index (Phi) is 7.31. The predicted molar refractivity (Wildman–Crippen MR) is 119 cm³/mol. The van der Waals surface area contributed by atoms with Gasteiger partial charge in [0, 0.05) is 42.0 Å². The lowest BCUT2D eigenvalue weighted by atomic mass is 10.1. The molecule has 1 N–H and O–H groups in total. The Morgan fingerprint density at radius 1 is 1.03 bits per heavy atom. The van der Waals surface area contributed by atoms with Crippen molar-refractivity contribution >= 4 is 29.9 Å². The van der Waals surface area contributed by atoms with Crippen LogP contribution in [0.5, 0.6) is 0 Å². The van der Waals surface area contributed by atoms with Crippen molar-refractivity contribution < 1.29 is 4.79 Å². The number of rotatable bonds is 4. The van der Waals surface area contributed by atoms with Gasteiger partial charge in [0.05, 0.1) is 17.8 Å². The largest absolute Gasteiger partial charge is 0.341 e. The van der Waals surface area contributed by atoms with Gasteiger partial charge in [-0.1, -0.05) is 41.9 Å². The van der Waals surface area contributed by atoms with Crippen LogP contribution in [0, 0.1) is 0 Å². The Bertz CT molecular complexity index is 933. The van der Waals surface area contributed by atoms with Crippen molar-refractivity contribution in [1.29, 1.82) is 0 Å². The van der Waals surface area contributed by atoms with Crippen LogP contribution in [0.4, 0.5) is 0 Å². The van der Waals surface area contributed by atoms with E-state index in [1.54, 1.807) is 0 Å². The minimum absolute atomic E-state index is 0. The third-order valence-electron chi connectivity index (χ3n) is 4.96. The molecular weight excluding hydrogens is 407 g/mol. The number of hydrogen-bond donors (Lipinski definition) is 1. The van der Waals surface area contributed by atoms with Crippen LogP contribution in [0.1, 0.15) is 12.0 Å². The zero-order chi connectivity index (χ0) is 19.3. The van der Waals surface area contributed by atoms with Gasteiger partial charge in [-0.2, -0.15) is 5.10 Å². The number of carbonyl (C=O) groups excluding carboxylic acids is 1. The topological polar surface area (TPSA) is 50.2 Å². The first-order valence-electron chi connectivity index (χ1n) is 9.59. The molecule has 0 atom stereocenters. The van der Waals surface area contributed by atoms with Gasteiger partial charge in [-0.25, -0.2) is 4.68 Å². The molecule has 0 spiro atoms. The molecule has 7 heteroatoms. The fourth-order valence-corrected chi connectivity index (χ4v) is 3.60. The summed E-state index contributed by atoms with van der Waals surface area (Å²) < 4.78 is 1.84. The van der Waals surface area contributed by atoms with Crippen LogP contribution in [-0.4, -0.2) is 46.8 Å². The van der Waals surface area contributed by atoms with E-state index in [4.69, 9.17) is 16.7 Å². The van der Waals surface area contributed by atoms with E-state index in [1.165, 1.54) is 0 Å². The van der Waals surface area contributed by atoms with Crippen LogP contribution >= 0.6 is 24.0 Å². The fraction of sp³-hybridized carbons (Fsp3) is 0.273. The summed E-state index contributed by atoms with van der Waals surface area (Å²) in [6.45, 7) is 3.36. The standard InChI is InChI=1S/C22H23ClN4O.ClH/c23-19-9-7-17(8-10-19)22-18(15-21(28)26-13-4-11-24-12-14-26)16-27(25-22)20-5-2-1-3-6-20;/h1-3,5-10,16,24H,4,11-15H2;1H. The molecule has 3 aromatic rings. The Hall–Kier alpha value is -2.34. The lowest BCUT2D eigenvalue weighted by molar-refractivity contribution is -0.130. The van der Waals surface area contributed by atoms with E-state index >= 15 is 0 Å². The van der Waals surface area contributed by atoms with Gasteiger partial charge in [-0.05, 0) is 37.2 Å². The molecule has 1 amide bonds. The van der Waals surface area contributed by atoms with E-state index in [-0.39, 0.29) is 18.3 Å². The van der Waals surface area contributed by atoms with Gasteiger partial charge in [-0.15, -0.1) is 12.4 Å². The van der Waals surface area contributed by atoms with Crippen LogP contribution in [0.25, 0.3) is 16.9 Å². The van der Waals surface area contributed by atoms with Crippen LogP contribution in [0.2, 0.25) is 5.02 Å². The van der Waals surface area contributed by atoms with Crippen LogP contribution in [0.3, 0.4) is 0 Å². The van der Waals surface area contributed by atoms with Crippen molar-refractivity contribution in [2.24, 2.45) is 0 Å². The average molecular weight is 431 g/mol. The molecule has 0 radical (unpaired) electrons. The van der Waals surface area contributed by atoms with Crippen molar-refractivity contribution in [2.45, 2.75) is 12.8 Å². The van der Waals surface area contributed by atoms with Gasteiger partial charge in [0.25, 0.3) is 0 Å². The number of nitrogens with one attached hydrogen (secondary N) is 1. The molecule has 1 fully saturated rings. The summed E-state index contributed by atoms with van der Waals surface area (Å²) in [7, 11) is 0. The molecule has 0 saturated carbocycles. The number of para-hydroxylation sites is 1. The lowest BCUT2D eigenvalue weighted by Gasteiger charge is -2.19. The molecule has 2 heterocycles. The summed E-state index contributed by atoms with van der Waals surface area (Å²) in [4.78, 5) is 14.9. The van der Waals surface area contributed by atoms with Crippen molar-refractivity contribution in [3.8, 4) is 16.9 Å². The highest BCUT2D eigenvalue weighted by Crippen LogP contribution is 2.26. The van der Waals surface area contributed by atoms with Gasteiger partial charge in [-0.3, -0.25) is 4.79 Å². The molecule has 5 nitrogen and oxygen atoms in total. The number of benzene rings is 2. The summed E-state index contributed by atoms with van der Waals surface area (Å²) in [5, 5.41) is 8.81. The summed E-state index contributed by atoms with van der Waals surface area (Å²) >= 11 is 6.05. The van der Waals surface area contributed by atoms with E-state index in [0.29, 0.717) is 11.4 Å². The first-order chi connectivity index (χ1) is 13.7. The predicted octanol–water partition coefficient (Wildman–Crippen LogP) is 3.98. The van der Waals surface area contributed by atoms with Gasteiger partial charge >= 0.3 is 0 Å². The number of aromatic nitrogens is 2. The van der Waals surface area contributed by atoms with E-state index < -0.39 is 0 Å². The summed E-state index contributed by atoms with van der Waals surface area (Å²) in [6, 6.07) is 17.5. The normalized spacial score (nSPS) is 14.2. The molecule has 1 aliphatic rings. The second kappa shape index (κ2) is 9.92. The third kappa shape index (κ3) is 5.18. The van der Waals surface area contributed by atoms with Crippen LogP contribution < -0.4 is 5.32 Å². The molecule has 0 aliphatic carbocycles. The van der Waals surface area contributed by atoms with Crippen molar-refractivity contribution in [3.63, 3.8) is 0 Å². The molecule has 0 unspecified atom stereocenters. The monoisotopic (exact) mass is 430 g/mol. The van der Waals surface area contributed by atoms with Gasteiger partial charge in [0.15, 0.2) is 0 Å². The molecule has 4 rings (SSSR count). The molecule has 1 aliphatic heterocycles. The molecule has 29 heavy (non-hydrogen) atoms. The Labute approximate surface area is 182 Å². The molecule has 1 saturated heterocycles. The van der Waals surface area contributed by atoms with Crippen molar-refractivity contribution in [1.82, 2.24) is 20.0 Å². The number of halogens is 2. The first kappa shape index (κ1) is 21.4. The van der Waals surface area contributed by atoms with Crippen LogP contribution in [-0.2, 0) is 11.2 Å². The van der Waals surface area contributed by atoms with Crippen molar-refractivity contribution in [3.05, 3.63) is 71.4 Å². The Morgan fingerprint density at radius 3 is 2.55 bits per heavy atom. The highest BCUT2D eigenvalue weighted by atomic mass is 35.5. The molecule has 152 valence electrons. The molecule has 1 aromatic heterocycles. The highest BCUT2D eigenvalue weighted by Gasteiger charge is 2.20. The van der Waals surface area contributed by atoms with E-state index in [2.05, 4.69) is 5.32 Å². The molecule has 2 aromatic carbocycles. The second-order valence-corrected chi connectivity index (χ2v) is 7.39. The average Bonchev–Trinajstić information content (AvgIpc) is 2.95. The lowest BCUT2D eigenvalue weighted by Crippen LogP contribution is -2.35. The number of nitrogens with zero attached hydrogens (tertiary/aromatic N) is 3. The summed E-state index contributed by atoms with van der Waals surface area (Å²) in [6.07, 6.45) is 3.29. The highest BCUT2D eigenvalue weighted by molar-refractivity contribution is 6.30. The smallest absolute Gasteiger partial charge is 0.227 e. The Morgan fingerprint density at radius 2 is 1.79 bits per heavy atom. The quantitative estimate of drug-likeness (QED) is 0.680. The van der Waals surface area contributed by atoms with Crippen molar-refractivity contribution in [2.75, 3.05) is 26.2 Å². The maximum atomic E-state index is 12.9. The first-order valence-corrected chi connectivity index (χ1v) is 9.97. The number of carbonyl (C=O) groups is 1. The van der Waals surface area contributed by atoms with E-state index in [9.17, 15) is 4.79 Å². The van der Waals surface area contributed by atoms with Crippen LogP contribution in [0.15, 0.2) is 60.8 Å². The van der Waals surface area contributed by atoms with E-state index in [1.807, 2.05) is 70.4 Å². The zero-order valence-electron chi connectivity index (χ0n) is 16.1. The molecule has 0 bridgehead atoms. The second-order valence-electron chi connectivity index (χ2n) is 6.95. The minimum Gasteiger partial charge on any atom is -0.341 e. The maximum absolute atomic E-state index is 12.9. The van der Waals surface area contributed by atoms with Gasteiger partial charge in [0.1, 0.15) is 0 Å². The minimum atomic E-state index is 0. The Balaban J connectivity index is 0.00000240. The molecular formula is C22H24Cl2N4O. The maximum Gasteiger partial charge on any atom is 0.227 e. The number of amides is 1. The SMILES string of the molecule is Cl.O=C(Cc1cn(-c2ccccc2)nc1-c1ccc(Cl)cc1)N1CCCNCC1. The third-order valence-corrected chi connectivity index (χ3v) is 5.21. The number of hydrogen-bond acceptors (Lipinski definition) is 3. The summed E-state index contributed by atoms with van der Waals surface area (Å²) in [5.74, 6) is 0.145. The summed E-state index contributed by atoms with van der Waals surface area (Å²) in [5.41, 5.74) is 3.67. The van der Waals surface area contributed by atoms with Gasteiger partial charge in [0.2, 0.25) is 5.91 Å². The fourth-order valence-electron chi connectivity index (χ4n) is 3.47. The van der Waals surface area contributed by atoms with E-state index in [0.717, 1.165) is 55.1 Å². The zero-order valence-corrected chi connectivity index (χ0v) is 17.6. The van der Waals surface area contributed by atoms with Gasteiger partial charge < -0.3 is 10.2 Å².